The molecule has 5 rings (SSSR count). The van der Waals surface area contributed by atoms with Crippen LogP contribution in [-0.4, -0.2) is 80.1 Å². The first kappa shape index (κ1) is 26.8. The van der Waals surface area contributed by atoms with Gasteiger partial charge in [-0.3, -0.25) is 14.5 Å². The van der Waals surface area contributed by atoms with E-state index < -0.39 is 17.8 Å². The smallest absolute Gasteiger partial charge is 0.395 e. The lowest BCUT2D eigenvalue weighted by atomic mass is 10.1. The number of carbonyl (C=O) groups is 2. The van der Waals surface area contributed by atoms with Crippen molar-refractivity contribution >= 4 is 39.7 Å². The van der Waals surface area contributed by atoms with E-state index in [-0.39, 0.29) is 24.8 Å². The molecule has 0 aliphatic carbocycles. The predicted molar refractivity (Wildman–Crippen MR) is 140 cm³/mol. The predicted octanol–water partition coefficient (Wildman–Crippen LogP) is 3.65. The molecule has 1 aliphatic heterocycles. The van der Waals surface area contributed by atoms with Gasteiger partial charge in [0.25, 0.3) is 5.91 Å². The molecule has 3 aromatic heterocycles. The number of hydrogen-bond acceptors (Lipinski definition) is 7. The number of thiazole rings is 1. The van der Waals surface area contributed by atoms with Crippen molar-refractivity contribution in [1.82, 2.24) is 24.3 Å². The number of halogens is 3. The molecule has 9 nitrogen and oxygen atoms in total. The minimum Gasteiger partial charge on any atom is -0.395 e. The largest absolute Gasteiger partial charge is 0.417 e. The third-order valence-corrected chi connectivity index (χ3v) is 7.28. The summed E-state index contributed by atoms with van der Waals surface area (Å²) in [6.45, 7) is 1.83. The first-order valence-electron chi connectivity index (χ1n) is 12.2. The van der Waals surface area contributed by atoms with E-state index >= 15 is 0 Å². The molecule has 0 saturated carbocycles. The Hall–Kier alpha value is -3.81. The van der Waals surface area contributed by atoms with Crippen LogP contribution in [0.2, 0.25) is 0 Å². The fraction of sp³-hybridized carbons (Fsp3) is 0.308. The molecule has 4 aromatic rings. The number of fused-ring (bicyclic) bond motifs is 1. The van der Waals surface area contributed by atoms with E-state index in [1.165, 1.54) is 17.4 Å². The molecule has 1 saturated heterocycles. The SMILES string of the molecule is O=C(C[C@H](CO)N1CCN(C(=O)c2cscn2)CC1)Nc1ccc2c(ccn2-c2ccc(C(F)(F)F)cn2)c1. The molecular weight excluding hydrogens is 533 g/mol. The summed E-state index contributed by atoms with van der Waals surface area (Å²) in [7, 11) is 0. The number of amides is 2. The molecule has 2 amide bonds. The van der Waals surface area contributed by atoms with Gasteiger partial charge in [0.2, 0.25) is 5.91 Å². The fourth-order valence-corrected chi connectivity index (χ4v) is 5.15. The van der Waals surface area contributed by atoms with Gasteiger partial charge < -0.3 is 19.9 Å². The number of aromatic nitrogens is 3. The summed E-state index contributed by atoms with van der Waals surface area (Å²) in [6, 6.07) is 8.92. The van der Waals surface area contributed by atoms with Gasteiger partial charge in [0.1, 0.15) is 11.5 Å². The Morgan fingerprint density at radius 3 is 2.51 bits per heavy atom. The topological polar surface area (TPSA) is 104 Å². The van der Waals surface area contributed by atoms with Crippen molar-refractivity contribution in [3.05, 3.63) is 70.9 Å². The maximum absolute atomic E-state index is 12.9. The van der Waals surface area contributed by atoms with Gasteiger partial charge in [0.05, 0.1) is 23.2 Å². The number of aliphatic hydroxyl groups is 1. The van der Waals surface area contributed by atoms with E-state index in [0.29, 0.717) is 43.4 Å². The number of piperazine rings is 1. The average molecular weight is 559 g/mol. The maximum Gasteiger partial charge on any atom is 0.417 e. The number of pyridine rings is 1. The molecule has 2 N–H and O–H groups in total. The first-order chi connectivity index (χ1) is 18.7. The summed E-state index contributed by atoms with van der Waals surface area (Å²) in [6.07, 6.45) is -1.88. The zero-order valence-corrected chi connectivity index (χ0v) is 21.5. The average Bonchev–Trinajstić information content (AvgIpc) is 3.61. The number of nitrogens with zero attached hydrogens (tertiary/aromatic N) is 5. The summed E-state index contributed by atoms with van der Waals surface area (Å²) in [5.74, 6) is -0.0420. The highest BCUT2D eigenvalue weighted by Gasteiger charge is 2.31. The van der Waals surface area contributed by atoms with Gasteiger partial charge in [-0.1, -0.05) is 0 Å². The normalized spacial score (nSPS) is 15.4. The molecule has 204 valence electrons. The molecule has 13 heteroatoms. The Bertz CT molecular complexity index is 1450. The van der Waals surface area contributed by atoms with Crippen LogP contribution in [0, 0.1) is 0 Å². The van der Waals surface area contributed by atoms with Crippen molar-refractivity contribution < 1.29 is 27.9 Å². The molecule has 0 radical (unpaired) electrons. The quantitative estimate of drug-likeness (QED) is 0.359. The van der Waals surface area contributed by atoms with E-state index in [4.69, 9.17) is 0 Å². The van der Waals surface area contributed by atoms with Crippen LogP contribution >= 0.6 is 11.3 Å². The van der Waals surface area contributed by atoms with Gasteiger partial charge in [0.15, 0.2) is 0 Å². The molecule has 1 aliphatic rings. The lowest BCUT2D eigenvalue weighted by Gasteiger charge is -2.38. The zero-order valence-electron chi connectivity index (χ0n) is 20.6. The highest BCUT2D eigenvalue weighted by Crippen LogP contribution is 2.29. The summed E-state index contributed by atoms with van der Waals surface area (Å²) in [5.41, 5.74) is 2.50. The molecular formula is C26H25F3N6O3S. The Morgan fingerprint density at radius 2 is 1.87 bits per heavy atom. The maximum atomic E-state index is 12.9. The van der Waals surface area contributed by atoms with E-state index in [9.17, 15) is 27.9 Å². The number of alkyl halides is 3. The van der Waals surface area contributed by atoms with Crippen molar-refractivity contribution in [2.75, 3.05) is 38.1 Å². The van der Waals surface area contributed by atoms with Crippen molar-refractivity contribution in [2.45, 2.75) is 18.6 Å². The monoisotopic (exact) mass is 558 g/mol. The number of rotatable bonds is 7. The Kier molecular flexibility index (Phi) is 7.64. The number of nitrogens with one attached hydrogen (secondary N) is 1. The standard InChI is InChI=1S/C26H25F3N6O3S/c27-26(28,29)18-1-4-23(30-13-18)35-6-5-17-11-19(2-3-22(17)35)32-24(37)12-20(14-36)33-7-9-34(10-8-33)25(38)21-15-39-16-31-21/h1-6,11,13,15-16,20,36H,7-10,12,14H2,(H,32,37)/t20-/m1/s1. The Morgan fingerprint density at radius 1 is 1.08 bits per heavy atom. The van der Waals surface area contributed by atoms with Crippen LogP contribution in [0.4, 0.5) is 18.9 Å². The Labute approximate surface area is 225 Å². The van der Waals surface area contributed by atoms with Gasteiger partial charge in [-0.05, 0) is 36.4 Å². The first-order valence-corrected chi connectivity index (χ1v) is 13.1. The molecule has 0 spiro atoms. The van der Waals surface area contributed by atoms with E-state index in [2.05, 4.69) is 15.3 Å². The summed E-state index contributed by atoms with van der Waals surface area (Å²) in [5, 5.41) is 15.3. The van der Waals surface area contributed by atoms with Gasteiger partial charge >= 0.3 is 6.18 Å². The van der Waals surface area contributed by atoms with Crippen molar-refractivity contribution in [1.29, 1.82) is 0 Å². The van der Waals surface area contributed by atoms with Crippen LogP contribution < -0.4 is 5.32 Å². The molecule has 1 aromatic carbocycles. The third-order valence-electron chi connectivity index (χ3n) is 6.70. The van der Waals surface area contributed by atoms with Crippen LogP contribution in [0.5, 0.6) is 0 Å². The lowest BCUT2D eigenvalue weighted by molar-refractivity contribution is -0.137. The number of benzene rings is 1. The van der Waals surface area contributed by atoms with Crippen LogP contribution in [0.1, 0.15) is 22.5 Å². The fourth-order valence-electron chi connectivity index (χ4n) is 4.62. The summed E-state index contributed by atoms with van der Waals surface area (Å²) in [4.78, 5) is 37.0. The Balaban J connectivity index is 1.19. The van der Waals surface area contributed by atoms with Gasteiger partial charge in [-0.2, -0.15) is 13.2 Å². The minimum absolute atomic E-state index is 0.0745. The third kappa shape index (κ3) is 5.95. The number of aliphatic hydroxyl groups excluding tert-OH is 1. The van der Waals surface area contributed by atoms with Crippen molar-refractivity contribution in [3.8, 4) is 5.82 Å². The molecule has 0 bridgehead atoms. The van der Waals surface area contributed by atoms with Crippen LogP contribution in [-0.2, 0) is 11.0 Å². The zero-order chi connectivity index (χ0) is 27.6. The molecule has 4 heterocycles. The van der Waals surface area contributed by atoms with E-state index in [1.807, 2.05) is 4.90 Å². The highest BCUT2D eigenvalue weighted by atomic mass is 32.1. The van der Waals surface area contributed by atoms with E-state index in [0.717, 1.165) is 23.2 Å². The van der Waals surface area contributed by atoms with Crippen molar-refractivity contribution in [3.63, 3.8) is 0 Å². The minimum atomic E-state index is -4.46. The van der Waals surface area contributed by atoms with Crippen LogP contribution in [0.3, 0.4) is 0 Å². The lowest BCUT2D eigenvalue weighted by Crippen LogP contribution is -2.53. The molecule has 1 fully saturated rings. The van der Waals surface area contributed by atoms with Crippen molar-refractivity contribution in [2.24, 2.45) is 0 Å². The summed E-state index contributed by atoms with van der Waals surface area (Å²) < 4.78 is 40.2. The molecule has 1 atom stereocenters. The molecule has 39 heavy (non-hydrogen) atoms. The second-order valence-corrected chi connectivity index (χ2v) is 9.87. The number of hydrogen-bond donors (Lipinski definition) is 2. The van der Waals surface area contributed by atoms with Crippen LogP contribution in [0.15, 0.2) is 59.7 Å². The number of carbonyl (C=O) groups excluding carboxylic acids is 2. The number of anilines is 1. The van der Waals surface area contributed by atoms with E-state index in [1.54, 1.807) is 50.8 Å². The summed E-state index contributed by atoms with van der Waals surface area (Å²) >= 11 is 1.37. The molecule has 0 unspecified atom stereocenters. The van der Waals surface area contributed by atoms with Crippen LogP contribution in [0.25, 0.3) is 16.7 Å². The second-order valence-electron chi connectivity index (χ2n) is 9.15. The second kappa shape index (κ2) is 11.1. The van der Waals surface area contributed by atoms with Gasteiger partial charge in [-0.15, -0.1) is 11.3 Å². The highest BCUT2D eigenvalue weighted by molar-refractivity contribution is 7.07. The van der Waals surface area contributed by atoms with Gasteiger partial charge in [-0.25, -0.2) is 9.97 Å². The van der Waals surface area contributed by atoms with Gasteiger partial charge in [0, 0.05) is 67.5 Å².